The summed E-state index contributed by atoms with van der Waals surface area (Å²) in [5, 5.41) is 4.48. The Balaban J connectivity index is 1.36. The van der Waals surface area contributed by atoms with Crippen molar-refractivity contribution in [3.05, 3.63) is 64.9 Å². The van der Waals surface area contributed by atoms with E-state index in [9.17, 15) is 0 Å². The van der Waals surface area contributed by atoms with E-state index in [4.69, 9.17) is 11.6 Å². The first-order chi connectivity index (χ1) is 11.3. The summed E-state index contributed by atoms with van der Waals surface area (Å²) in [7, 11) is 0. The molecular formula is C19H24ClN3. The van der Waals surface area contributed by atoms with Gasteiger partial charge < -0.3 is 10.2 Å². The van der Waals surface area contributed by atoms with Gasteiger partial charge >= 0.3 is 0 Å². The average molecular weight is 330 g/mol. The van der Waals surface area contributed by atoms with Crippen LogP contribution in [0.1, 0.15) is 24.0 Å². The van der Waals surface area contributed by atoms with Crippen molar-refractivity contribution in [2.75, 3.05) is 19.6 Å². The van der Waals surface area contributed by atoms with Crippen molar-refractivity contribution in [3.63, 3.8) is 0 Å². The Hall–Kier alpha value is -1.42. The van der Waals surface area contributed by atoms with Crippen LogP contribution in [-0.4, -0.2) is 35.6 Å². The lowest BCUT2D eigenvalue weighted by Gasteiger charge is -2.32. The van der Waals surface area contributed by atoms with E-state index in [-0.39, 0.29) is 0 Å². The summed E-state index contributed by atoms with van der Waals surface area (Å²) < 4.78 is 0. The Morgan fingerprint density at radius 1 is 1.00 bits per heavy atom. The number of nitrogens with one attached hydrogen (secondary N) is 1. The second-order valence-electron chi connectivity index (χ2n) is 6.23. The highest BCUT2D eigenvalue weighted by molar-refractivity contribution is 6.30. The maximum Gasteiger partial charge on any atom is 0.0406 e. The number of nitrogens with zero attached hydrogens (tertiary/aromatic N) is 2. The van der Waals surface area contributed by atoms with E-state index in [1.165, 1.54) is 37.1 Å². The Labute approximate surface area is 143 Å². The van der Waals surface area contributed by atoms with Crippen molar-refractivity contribution in [2.45, 2.75) is 31.8 Å². The Bertz CT molecular complexity index is 577. The van der Waals surface area contributed by atoms with Gasteiger partial charge in [0.25, 0.3) is 0 Å². The van der Waals surface area contributed by atoms with Gasteiger partial charge in [-0.2, -0.15) is 0 Å². The summed E-state index contributed by atoms with van der Waals surface area (Å²) in [4.78, 5) is 6.64. The Kier molecular flexibility index (Phi) is 6.03. The highest BCUT2D eigenvalue weighted by Gasteiger charge is 2.18. The van der Waals surface area contributed by atoms with Crippen LogP contribution in [0.2, 0.25) is 5.02 Å². The maximum atomic E-state index is 5.92. The standard InChI is InChI=1S/C19H24ClN3/c20-18-3-1-17(2-4-18)15-22-19-8-13-23(14-9-19)12-7-16-5-10-21-11-6-16/h1-6,10-11,19,22H,7-9,12-15H2. The molecule has 3 rings (SSSR count). The molecule has 0 radical (unpaired) electrons. The third kappa shape index (κ3) is 5.31. The monoisotopic (exact) mass is 329 g/mol. The molecule has 1 aromatic carbocycles. The molecule has 2 heterocycles. The molecule has 0 spiro atoms. The van der Waals surface area contributed by atoms with E-state index < -0.39 is 0 Å². The molecular weight excluding hydrogens is 306 g/mol. The lowest BCUT2D eigenvalue weighted by Crippen LogP contribution is -2.42. The van der Waals surface area contributed by atoms with E-state index in [0.29, 0.717) is 6.04 Å². The van der Waals surface area contributed by atoms with Gasteiger partial charge in [-0.25, -0.2) is 0 Å². The number of hydrogen-bond acceptors (Lipinski definition) is 3. The molecule has 1 saturated heterocycles. The van der Waals surface area contributed by atoms with E-state index in [0.717, 1.165) is 24.5 Å². The van der Waals surface area contributed by atoms with Crippen LogP contribution in [0.25, 0.3) is 0 Å². The molecule has 3 nitrogen and oxygen atoms in total. The zero-order valence-corrected chi connectivity index (χ0v) is 14.2. The van der Waals surface area contributed by atoms with Gasteiger partial charge in [-0.05, 0) is 67.7 Å². The highest BCUT2D eigenvalue weighted by Crippen LogP contribution is 2.13. The second kappa shape index (κ2) is 8.44. The fourth-order valence-electron chi connectivity index (χ4n) is 3.06. The molecule has 1 aromatic heterocycles. The third-order valence-electron chi connectivity index (χ3n) is 4.56. The van der Waals surface area contributed by atoms with Crippen LogP contribution in [-0.2, 0) is 13.0 Å². The first kappa shape index (κ1) is 16.4. The summed E-state index contributed by atoms with van der Waals surface area (Å²) in [6.07, 6.45) is 7.32. The van der Waals surface area contributed by atoms with Crippen LogP contribution >= 0.6 is 11.6 Å². The van der Waals surface area contributed by atoms with Gasteiger partial charge in [0.2, 0.25) is 0 Å². The van der Waals surface area contributed by atoms with Gasteiger partial charge in [-0.1, -0.05) is 23.7 Å². The summed E-state index contributed by atoms with van der Waals surface area (Å²) >= 11 is 5.92. The minimum absolute atomic E-state index is 0.628. The predicted molar refractivity (Wildman–Crippen MR) is 95.7 cm³/mol. The molecule has 4 heteroatoms. The summed E-state index contributed by atoms with van der Waals surface area (Å²) in [6.45, 7) is 4.44. The van der Waals surface area contributed by atoms with Crippen LogP contribution in [0.5, 0.6) is 0 Å². The molecule has 0 amide bonds. The van der Waals surface area contributed by atoms with Crippen molar-refractivity contribution in [1.82, 2.24) is 15.2 Å². The summed E-state index contributed by atoms with van der Waals surface area (Å²) in [5.41, 5.74) is 2.68. The van der Waals surface area contributed by atoms with Crippen LogP contribution in [0.4, 0.5) is 0 Å². The average Bonchev–Trinajstić information content (AvgIpc) is 2.61. The molecule has 2 aromatic rings. The van der Waals surface area contributed by atoms with Crippen molar-refractivity contribution in [3.8, 4) is 0 Å². The SMILES string of the molecule is Clc1ccc(CNC2CCN(CCc3ccncc3)CC2)cc1. The van der Waals surface area contributed by atoms with Gasteiger partial charge in [0.1, 0.15) is 0 Å². The van der Waals surface area contributed by atoms with Crippen molar-refractivity contribution >= 4 is 11.6 Å². The lowest BCUT2D eigenvalue weighted by atomic mass is 10.0. The number of rotatable bonds is 6. The van der Waals surface area contributed by atoms with Crippen LogP contribution < -0.4 is 5.32 Å². The predicted octanol–water partition coefficient (Wildman–Crippen LogP) is 3.53. The normalized spacial score (nSPS) is 16.6. The third-order valence-corrected chi connectivity index (χ3v) is 4.81. The molecule has 1 N–H and O–H groups in total. The molecule has 122 valence electrons. The number of piperidine rings is 1. The smallest absolute Gasteiger partial charge is 0.0406 e. The largest absolute Gasteiger partial charge is 0.310 e. The van der Waals surface area contributed by atoms with Gasteiger partial charge in [0, 0.05) is 36.5 Å². The van der Waals surface area contributed by atoms with Gasteiger partial charge in [0.15, 0.2) is 0 Å². The zero-order chi connectivity index (χ0) is 15.9. The van der Waals surface area contributed by atoms with Crippen molar-refractivity contribution in [1.29, 1.82) is 0 Å². The molecule has 0 unspecified atom stereocenters. The molecule has 1 aliphatic rings. The minimum Gasteiger partial charge on any atom is -0.310 e. The lowest BCUT2D eigenvalue weighted by molar-refractivity contribution is 0.199. The van der Waals surface area contributed by atoms with E-state index in [2.05, 4.69) is 39.5 Å². The van der Waals surface area contributed by atoms with Gasteiger partial charge in [-0.3, -0.25) is 4.98 Å². The zero-order valence-electron chi connectivity index (χ0n) is 13.4. The summed E-state index contributed by atoms with van der Waals surface area (Å²) in [5.74, 6) is 0. The maximum absolute atomic E-state index is 5.92. The Morgan fingerprint density at radius 3 is 2.39 bits per heavy atom. The van der Waals surface area contributed by atoms with E-state index >= 15 is 0 Å². The molecule has 1 fully saturated rings. The molecule has 0 atom stereocenters. The van der Waals surface area contributed by atoms with Crippen LogP contribution in [0, 0.1) is 0 Å². The number of aromatic nitrogens is 1. The Morgan fingerprint density at radius 2 is 1.70 bits per heavy atom. The number of likely N-dealkylation sites (tertiary alicyclic amines) is 1. The number of hydrogen-bond donors (Lipinski definition) is 1. The minimum atomic E-state index is 0.628. The fraction of sp³-hybridized carbons (Fsp3) is 0.421. The summed E-state index contributed by atoms with van der Waals surface area (Å²) in [6, 6.07) is 13.0. The van der Waals surface area contributed by atoms with Crippen molar-refractivity contribution in [2.24, 2.45) is 0 Å². The van der Waals surface area contributed by atoms with Crippen molar-refractivity contribution < 1.29 is 0 Å². The molecule has 0 aliphatic carbocycles. The number of benzene rings is 1. The second-order valence-corrected chi connectivity index (χ2v) is 6.67. The first-order valence-corrected chi connectivity index (χ1v) is 8.76. The van der Waals surface area contributed by atoms with E-state index in [1.54, 1.807) is 0 Å². The van der Waals surface area contributed by atoms with Gasteiger partial charge in [0.05, 0.1) is 0 Å². The van der Waals surface area contributed by atoms with Crippen LogP contribution in [0.15, 0.2) is 48.8 Å². The topological polar surface area (TPSA) is 28.2 Å². The number of halogens is 1. The molecule has 0 bridgehead atoms. The first-order valence-electron chi connectivity index (χ1n) is 8.39. The highest BCUT2D eigenvalue weighted by atomic mass is 35.5. The molecule has 0 saturated carbocycles. The molecule has 1 aliphatic heterocycles. The molecule has 23 heavy (non-hydrogen) atoms. The van der Waals surface area contributed by atoms with Crippen LogP contribution in [0.3, 0.4) is 0 Å². The van der Waals surface area contributed by atoms with E-state index in [1.807, 2.05) is 24.5 Å². The fourth-order valence-corrected chi connectivity index (χ4v) is 3.19. The van der Waals surface area contributed by atoms with Gasteiger partial charge in [-0.15, -0.1) is 0 Å². The number of pyridine rings is 1. The quantitative estimate of drug-likeness (QED) is 0.878.